The highest BCUT2D eigenvalue weighted by molar-refractivity contribution is 8.01. The number of nitrogens with one attached hydrogen (secondary N) is 1. The molecule has 11 heavy (non-hydrogen) atoms. The van der Waals surface area contributed by atoms with E-state index >= 15 is 0 Å². The van der Waals surface area contributed by atoms with Crippen molar-refractivity contribution in [2.75, 3.05) is 4.72 Å². The molecule has 0 radical (unpaired) electrons. The Hall–Kier alpha value is -0.630. The van der Waals surface area contributed by atoms with Gasteiger partial charge in [0, 0.05) is 10.9 Å². The summed E-state index contributed by atoms with van der Waals surface area (Å²) in [5.41, 5.74) is 4.05. The van der Waals surface area contributed by atoms with E-state index < -0.39 is 0 Å². The van der Waals surface area contributed by atoms with E-state index in [0.29, 0.717) is 5.25 Å². The summed E-state index contributed by atoms with van der Waals surface area (Å²) in [4.78, 5) is 0. The van der Waals surface area contributed by atoms with Gasteiger partial charge in [0.15, 0.2) is 0 Å². The second-order valence-electron chi connectivity index (χ2n) is 2.95. The molecule has 0 spiro atoms. The molecule has 0 amide bonds. The molecule has 0 saturated heterocycles. The van der Waals surface area contributed by atoms with E-state index in [1.165, 1.54) is 16.8 Å². The molecule has 1 N–H and O–H groups in total. The standard InChI is InChI=1S/C9H11NS/c1-6-3-4-8-7(2)11-10-9(8)5-6/h3-5,7,10H,1-2H3/t7-/m1/s1. The van der Waals surface area contributed by atoms with E-state index in [1.807, 2.05) is 0 Å². The van der Waals surface area contributed by atoms with E-state index in [0.717, 1.165) is 0 Å². The number of anilines is 1. The molecule has 1 aliphatic rings. The third-order valence-corrected chi connectivity index (χ3v) is 2.94. The predicted molar refractivity (Wildman–Crippen MR) is 50.8 cm³/mol. The Kier molecular flexibility index (Phi) is 1.57. The summed E-state index contributed by atoms with van der Waals surface area (Å²) < 4.78 is 3.31. The molecule has 0 aromatic heterocycles. The van der Waals surface area contributed by atoms with Crippen molar-refractivity contribution in [2.45, 2.75) is 19.1 Å². The Morgan fingerprint density at radius 1 is 1.45 bits per heavy atom. The summed E-state index contributed by atoms with van der Waals surface area (Å²) in [5, 5.41) is 0.602. The first-order valence-electron chi connectivity index (χ1n) is 3.79. The highest BCUT2D eigenvalue weighted by Crippen LogP contribution is 2.41. The number of benzene rings is 1. The average molecular weight is 165 g/mol. The van der Waals surface area contributed by atoms with Gasteiger partial charge in [-0.2, -0.15) is 0 Å². The van der Waals surface area contributed by atoms with Crippen molar-refractivity contribution < 1.29 is 0 Å². The zero-order valence-electron chi connectivity index (χ0n) is 6.72. The normalized spacial score (nSPS) is 21.1. The Morgan fingerprint density at radius 2 is 2.27 bits per heavy atom. The van der Waals surface area contributed by atoms with Crippen molar-refractivity contribution in [3.05, 3.63) is 29.3 Å². The second-order valence-corrected chi connectivity index (χ2v) is 4.10. The highest BCUT2D eigenvalue weighted by atomic mass is 32.2. The maximum atomic E-state index is 3.31. The lowest BCUT2D eigenvalue weighted by atomic mass is 10.1. The van der Waals surface area contributed by atoms with E-state index in [1.54, 1.807) is 11.9 Å². The number of rotatable bonds is 0. The molecule has 1 heterocycles. The quantitative estimate of drug-likeness (QED) is 0.593. The lowest BCUT2D eigenvalue weighted by Crippen LogP contribution is -1.82. The van der Waals surface area contributed by atoms with Crippen molar-refractivity contribution in [3.63, 3.8) is 0 Å². The Morgan fingerprint density at radius 3 is 3.09 bits per heavy atom. The molecule has 0 fully saturated rings. The predicted octanol–water partition coefficient (Wildman–Crippen LogP) is 3.13. The Balaban J connectivity index is 2.50. The molecule has 0 bridgehead atoms. The average Bonchev–Trinajstić information content (AvgIpc) is 2.32. The van der Waals surface area contributed by atoms with Crippen LogP contribution in [-0.4, -0.2) is 0 Å². The fourth-order valence-electron chi connectivity index (χ4n) is 1.33. The van der Waals surface area contributed by atoms with Gasteiger partial charge < -0.3 is 4.72 Å². The Bertz CT molecular complexity index is 283. The van der Waals surface area contributed by atoms with E-state index in [9.17, 15) is 0 Å². The molecule has 1 atom stereocenters. The summed E-state index contributed by atoms with van der Waals surface area (Å²) in [6.45, 7) is 4.34. The molecule has 0 unspecified atom stereocenters. The number of fused-ring (bicyclic) bond motifs is 1. The van der Waals surface area contributed by atoms with Crippen LogP contribution in [0.25, 0.3) is 0 Å². The van der Waals surface area contributed by atoms with Crippen molar-refractivity contribution in [1.29, 1.82) is 0 Å². The van der Waals surface area contributed by atoms with Gasteiger partial charge >= 0.3 is 0 Å². The fraction of sp³-hybridized carbons (Fsp3) is 0.333. The molecular formula is C9H11NS. The minimum absolute atomic E-state index is 0.602. The minimum Gasteiger partial charge on any atom is -0.329 e. The molecule has 58 valence electrons. The highest BCUT2D eigenvalue weighted by Gasteiger charge is 2.17. The summed E-state index contributed by atoms with van der Waals surface area (Å²) in [7, 11) is 0. The summed E-state index contributed by atoms with van der Waals surface area (Å²) in [6, 6.07) is 6.58. The maximum Gasteiger partial charge on any atom is 0.0487 e. The van der Waals surface area contributed by atoms with E-state index in [2.05, 4.69) is 36.8 Å². The third-order valence-electron chi connectivity index (χ3n) is 1.99. The van der Waals surface area contributed by atoms with Gasteiger partial charge in [0.2, 0.25) is 0 Å². The second kappa shape index (κ2) is 2.45. The van der Waals surface area contributed by atoms with Gasteiger partial charge in [0.25, 0.3) is 0 Å². The van der Waals surface area contributed by atoms with Crippen molar-refractivity contribution in [3.8, 4) is 0 Å². The summed E-state index contributed by atoms with van der Waals surface area (Å²) in [6.07, 6.45) is 0. The topological polar surface area (TPSA) is 12.0 Å². The van der Waals surface area contributed by atoms with Crippen molar-refractivity contribution in [2.24, 2.45) is 0 Å². The van der Waals surface area contributed by atoms with Crippen LogP contribution in [0, 0.1) is 6.92 Å². The fourth-order valence-corrected chi connectivity index (χ4v) is 2.14. The Labute approximate surface area is 71.3 Å². The smallest absolute Gasteiger partial charge is 0.0487 e. The van der Waals surface area contributed by atoms with Crippen molar-refractivity contribution in [1.82, 2.24) is 0 Å². The number of hydrogen-bond acceptors (Lipinski definition) is 2. The molecule has 2 heteroatoms. The van der Waals surface area contributed by atoms with Crippen LogP contribution in [0.5, 0.6) is 0 Å². The zero-order valence-corrected chi connectivity index (χ0v) is 7.53. The maximum absolute atomic E-state index is 3.31. The van der Waals surface area contributed by atoms with Crippen LogP contribution in [0.2, 0.25) is 0 Å². The van der Waals surface area contributed by atoms with Crippen LogP contribution in [0.4, 0.5) is 5.69 Å². The lowest BCUT2D eigenvalue weighted by molar-refractivity contribution is 1.13. The van der Waals surface area contributed by atoms with Crippen LogP contribution in [0.15, 0.2) is 18.2 Å². The molecular weight excluding hydrogens is 154 g/mol. The number of hydrogen-bond donors (Lipinski definition) is 1. The van der Waals surface area contributed by atoms with Crippen LogP contribution in [0.1, 0.15) is 23.3 Å². The van der Waals surface area contributed by atoms with Gasteiger partial charge in [0.1, 0.15) is 0 Å². The third kappa shape index (κ3) is 1.11. The SMILES string of the molecule is Cc1ccc2c(c1)NS[C@@H]2C. The summed E-state index contributed by atoms with van der Waals surface area (Å²) in [5.74, 6) is 0. The van der Waals surface area contributed by atoms with Crippen LogP contribution >= 0.6 is 11.9 Å². The van der Waals surface area contributed by atoms with Crippen LogP contribution in [-0.2, 0) is 0 Å². The van der Waals surface area contributed by atoms with Crippen molar-refractivity contribution >= 4 is 17.6 Å². The molecule has 1 aromatic carbocycles. The zero-order chi connectivity index (χ0) is 7.84. The molecule has 0 aliphatic carbocycles. The van der Waals surface area contributed by atoms with E-state index in [-0.39, 0.29) is 0 Å². The first-order valence-corrected chi connectivity index (χ1v) is 4.67. The minimum atomic E-state index is 0.602. The number of aryl methyl sites for hydroxylation is 1. The molecule has 1 nitrogen and oxygen atoms in total. The molecule has 1 aliphatic heterocycles. The first-order chi connectivity index (χ1) is 5.27. The van der Waals surface area contributed by atoms with Crippen LogP contribution < -0.4 is 4.72 Å². The lowest BCUT2D eigenvalue weighted by Gasteiger charge is -2.00. The first kappa shape index (κ1) is 7.04. The summed E-state index contributed by atoms with van der Waals surface area (Å²) >= 11 is 1.78. The monoisotopic (exact) mass is 165 g/mol. The molecule has 2 rings (SSSR count). The van der Waals surface area contributed by atoms with Gasteiger partial charge in [-0.3, -0.25) is 0 Å². The van der Waals surface area contributed by atoms with E-state index in [4.69, 9.17) is 0 Å². The molecule has 0 saturated carbocycles. The van der Waals surface area contributed by atoms with Crippen LogP contribution in [0.3, 0.4) is 0 Å². The van der Waals surface area contributed by atoms with Gasteiger partial charge in [0.05, 0.1) is 0 Å². The van der Waals surface area contributed by atoms with Gasteiger partial charge in [-0.25, -0.2) is 0 Å². The largest absolute Gasteiger partial charge is 0.329 e. The molecule has 1 aromatic rings. The van der Waals surface area contributed by atoms with Gasteiger partial charge in [-0.15, -0.1) is 0 Å². The van der Waals surface area contributed by atoms with Gasteiger partial charge in [-0.1, -0.05) is 12.1 Å². The van der Waals surface area contributed by atoms with Gasteiger partial charge in [-0.05, 0) is 43.0 Å².